The maximum Gasteiger partial charge on any atom is 0.0395 e. The summed E-state index contributed by atoms with van der Waals surface area (Å²) in [5, 5.41) is 2.44. The van der Waals surface area contributed by atoms with Gasteiger partial charge in [0.15, 0.2) is 0 Å². The van der Waals surface area contributed by atoms with E-state index in [1.807, 2.05) is 0 Å². The van der Waals surface area contributed by atoms with E-state index in [1.54, 1.807) is 0 Å². The molecule has 0 aromatic rings. The van der Waals surface area contributed by atoms with Gasteiger partial charge in [0.05, 0.1) is 0 Å². The lowest BCUT2D eigenvalue weighted by molar-refractivity contribution is 0.658. The highest BCUT2D eigenvalue weighted by Crippen LogP contribution is 2.15. The molecular formula is C9H11Cl. The molecule has 1 atom stereocenters. The Hall–Kier alpha value is -0.410. The molecule has 0 saturated heterocycles. The van der Waals surface area contributed by atoms with Gasteiger partial charge < -0.3 is 0 Å². The van der Waals surface area contributed by atoms with Crippen molar-refractivity contribution in [2.24, 2.45) is 5.92 Å². The van der Waals surface area contributed by atoms with E-state index in [4.69, 9.17) is 11.6 Å². The van der Waals surface area contributed by atoms with Crippen LogP contribution in [0.5, 0.6) is 0 Å². The van der Waals surface area contributed by atoms with Crippen molar-refractivity contribution >= 4 is 11.6 Å². The fourth-order valence-corrected chi connectivity index (χ4v) is 1.31. The second-order valence-corrected chi connectivity index (χ2v) is 2.75. The first kappa shape index (κ1) is 7.69. The van der Waals surface area contributed by atoms with Crippen LogP contribution < -0.4 is 0 Å². The van der Waals surface area contributed by atoms with Gasteiger partial charge in [0.25, 0.3) is 0 Å². The van der Waals surface area contributed by atoms with Crippen LogP contribution in [-0.2, 0) is 0 Å². The molecule has 0 fully saturated rings. The van der Waals surface area contributed by atoms with Gasteiger partial charge in [-0.25, -0.2) is 0 Å². The Bertz CT molecular complexity index is 171. The highest BCUT2D eigenvalue weighted by Gasteiger charge is 2.02. The van der Waals surface area contributed by atoms with E-state index in [-0.39, 0.29) is 0 Å². The summed E-state index contributed by atoms with van der Waals surface area (Å²) in [5.74, 6) is 3.37. The van der Waals surface area contributed by atoms with Gasteiger partial charge in [0, 0.05) is 11.3 Å². The number of halogens is 1. The molecule has 0 heterocycles. The van der Waals surface area contributed by atoms with Crippen molar-refractivity contribution < 1.29 is 0 Å². The summed E-state index contributed by atoms with van der Waals surface area (Å²) in [6.07, 6.45) is 9.35. The molecule has 1 aliphatic rings. The largest absolute Gasteiger partial charge is 0.0873 e. The molecule has 0 bridgehead atoms. The third-order valence-electron chi connectivity index (χ3n) is 1.74. The lowest BCUT2D eigenvalue weighted by atomic mass is 10.1. The molecule has 0 nitrogen and oxygen atoms in total. The predicted octanol–water partition coefficient (Wildman–Crippen LogP) is 2.93. The highest BCUT2D eigenvalue weighted by molar-refractivity contribution is 6.30. The predicted molar refractivity (Wildman–Crippen MR) is 44.7 cm³/mol. The molecule has 0 aliphatic heterocycles. The lowest BCUT2D eigenvalue weighted by Gasteiger charge is -1.98. The molecule has 1 rings (SSSR count). The fraction of sp³-hybridized carbons (Fsp3) is 0.556. The van der Waals surface area contributed by atoms with Crippen LogP contribution in [0.3, 0.4) is 0 Å². The minimum Gasteiger partial charge on any atom is -0.0873 e. The van der Waals surface area contributed by atoms with E-state index >= 15 is 0 Å². The number of rotatable bonds is 0. The van der Waals surface area contributed by atoms with Crippen LogP contribution in [0, 0.1) is 17.2 Å². The highest BCUT2D eigenvalue weighted by atomic mass is 35.5. The van der Waals surface area contributed by atoms with Gasteiger partial charge in [0.2, 0.25) is 0 Å². The first-order chi connectivity index (χ1) is 4.93. The van der Waals surface area contributed by atoms with Crippen LogP contribution in [0.1, 0.15) is 25.7 Å². The lowest BCUT2D eigenvalue weighted by Crippen LogP contribution is -1.88. The second-order valence-electron chi connectivity index (χ2n) is 2.56. The number of hydrogen-bond acceptors (Lipinski definition) is 0. The summed E-state index contributed by atoms with van der Waals surface area (Å²) in [7, 11) is 0. The van der Waals surface area contributed by atoms with E-state index in [1.165, 1.54) is 25.7 Å². The zero-order valence-electron chi connectivity index (χ0n) is 5.94. The van der Waals surface area contributed by atoms with E-state index in [2.05, 4.69) is 23.5 Å². The monoisotopic (exact) mass is 154 g/mol. The number of hydrogen-bond donors (Lipinski definition) is 0. The van der Waals surface area contributed by atoms with Crippen molar-refractivity contribution in [1.29, 1.82) is 0 Å². The standard InChI is InChI=1S/C9H11Cl/c10-8-7-9-5-3-1-2-4-6-9/h3,5,9H,1-2,4,6H2. The van der Waals surface area contributed by atoms with Gasteiger partial charge in [-0.2, -0.15) is 0 Å². The smallest absolute Gasteiger partial charge is 0.0395 e. The van der Waals surface area contributed by atoms with Gasteiger partial charge in [-0.05, 0) is 30.9 Å². The molecule has 0 spiro atoms. The summed E-state index contributed by atoms with van der Waals surface area (Å²) in [5.41, 5.74) is 0. The normalized spacial score (nSPS) is 24.7. The van der Waals surface area contributed by atoms with E-state index < -0.39 is 0 Å². The molecular weight excluding hydrogens is 144 g/mol. The van der Waals surface area contributed by atoms with Gasteiger partial charge in [-0.1, -0.05) is 24.5 Å². The molecule has 10 heavy (non-hydrogen) atoms. The molecule has 0 amide bonds. The van der Waals surface area contributed by atoms with Crippen LogP contribution >= 0.6 is 11.6 Å². The van der Waals surface area contributed by atoms with Crippen molar-refractivity contribution in [3.8, 4) is 11.3 Å². The Kier molecular flexibility index (Phi) is 3.40. The van der Waals surface area contributed by atoms with Crippen LogP contribution in [0.2, 0.25) is 0 Å². The van der Waals surface area contributed by atoms with Crippen LogP contribution in [-0.4, -0.2) is 0 Å². The maximum absolute atomic E-state index is 5.29. The molecule has 54 valence electrons. The Morgan fingerprint density at radius 3 is 3.10 bits per heavy atom. The maximum atomic E-state index is 5.29. The molecule has 1 heteroatoms. The Balaban J connectivity index is 2.46. The average molecular weight is 155 g/mol. The Morgan fingerprint density at radius 1 is 1.40 bits per heavy atom. The minimum absolute atomic E-state index is 0.417. The first-order valence-corrected chi connectivity index (χ1v) is 4.09. The van der Waals surface area contributed by atoms with Crippen LogP contribution in [0.25, 0.3) is 0 Å². The van der Waals surface area contributed by atoms with E-state index in [0.717, 1.165) is 0 Å². The van der Waals surface area contributed by atoms with Gasteiger partial charge >= 0.3 is 0 Å². The zero-order valence-corrected chi connectivity index (χ0v) is 6.69. The molecule has 0 radical (unpaired) electrons. The van der Waals surface area contributed by atoms with Crippen molar-refractivity contribution in [2.75, 3.05) is 0 Å². The Labute approximate surface area is 67.3 Å². The second kappa shape index (κ2) is 4.41. The average Bonchev–Trinajstić information content (AvgIpc) is 2.17. The van der Waals surface area contributed by atoms with Gasteiger partial charge in [-0.15, -0.1) is 0 Å². The van der Waals surface area contributed by atoms with Gasteiger partial charge in [0.1, 0.15) is 0 Å². The fourth-order valence-electron chi connectivity index (χ4n) is 1.17. The van der Waals surface area contributed by atoms with Crippen LogP contribution in [0.4, 0.5) is 0 Å². The first-order valence-electron chi connectivity index (χ1n) is 3.71. The van der Waals surface area contributed by atoms with E-state index in [0.29, 0.717) is 5.92 Å². The third-order valence-corrected chi connectivity index (χ3v) is 1.85. The summed E-state index contributed by atoms with van der Waals surface area (Å²) in [4.78, 5) is 0. The Morgan fingerprint density at radius 2 is 2.30 bits per heavy atom. The molecule has 1 aliphatic carbocycles. The van der Waals surface area contributed by atoms with Crippen LogP contribution in [0.15, 0.2) is 12.2 Å². The van der Waals surface area contributed by atoms with Gasteiger partial charge in [-0.3, -0.25) is 0 Å². The zero-order chi connectivity index (χ0) is 7.23. The minimum atomic E-state index is 0.417. The molecule has 0 N–H and O–H groups in total. The summed E-state index contributed by atoms with van der Waals surface area (Å²) in [6, 6.07) is 0. The van der Waals surface area contributed by atoms with E-state index in [9.17, 15) is 0 Å². The number of allylic oxidation sites excluding steroid dienone is 2. The van der Waals surface area contributed by atoms with Crippen molar-refractivity contribution in [2.45, 2.75) is 25.7 Å². The topological polar surface area (TPSA) is 0 Å². The molecule has 1 unspecified atom stereocenters. The quantitative estimate of drug-likeness (QED) is 0.372. The molecule has 0 aromatic heterocycles. The SMILES string of the molecule is ClC#CC1C=CCCCC1. The summed E-state index contributed by atoms with van der Waals surface area (Å²) >= 11 is 5.29. The molecule has 0 saturated carbocycles. The van der Waals surface area contributed by atoms with Crippen molar-refractivity contribution in [1.82, 2.24) is 0 Å². The van der Waals surface area contributed by atoms with Crippen molar-refractivity contribution in [3.63, 3.8) is 0 Å². The summed E-state index contributed by atoms with van der Waals surface area (Å²) < 4.78 is 0. The molecule has 0 aromatic carbocycles. The van der Waals surface area contributed by atoms with Crippen molar-refractivity contribution in [3.05, 3.63) is 12.2 Å². The summed E-state index contributed by atoms with van der Waals surface area (Å²) in [6.45, 7) is 0. The third kappa shape index (κ3) is 2.45.